The van der Waals surface area contributed by atoms with E-state index in [1.54, 1.807) is 0 Å². The van der Waals surface area contributed by atoms with Crippen LogP contribution in [-0.2, 0) is 0 Å². The van der Waals surface area contributed by atoms with Crippen molar-refractivity contribution in [1.82, 2.24) is 15.3 Å². The average Bonchev–Trinajstić information content (AvgIpc) is 2.79. The summed E-state index contributed by atoms with van der Waals surface area (Å²) in [5.74, 6) is -0.302. The molecule has 0 saturated carbocycles. The molecular weight excluding hydrogens is 400 g/mol. The highest BCUT2D eigenvalue weighted by Gasteiger charge is 2.10. The zero-order valence-electron chi connectivity index (χ0n) is 16.4. The Hall–Kier alpha value is -4.07. The van der Waals surface area contributed by atoms with Gasteiger partial charge in [0.1, 0.15) is 17.5 Å². The van der Waals surface area contributed by atoms with E-state index in [9.17, 15) is 13.6 Å². The minimum atomic E-state index is -0.839. The van der Waals surface area contributed by atoms with E-state index in [0.717, 1.165) is 22.5 Å². The number of rotatable bonds is 6. The highest BCUT2D eigenvalue weighted by atomic mass is 19.1. The number of anilines is 2. The Labute approximate surface area is 177 Å². The summed E-state index contributed by atoms with van der Waals surface area (Å²) < 4.78 is 26.6. The highest BCUT2D eigenvalue weighted by Crippen LogP contribution is 2.24. The molecule has 6 nitrogen and oxygen atoms in total. The maximum Gasteiger partial charge on any atom is 0.319 e. The minimum Gasteiger partial charge on any atom is -0.368 e. The van der Waals surface area contributed by atoms with E-state index < -0.39 is 17.7 Å². The number of para-hydroxylation sites is 1. The van der Waals surface area contributed by atoms with Crippen molar-refractivity contribution >= 4 is 28.4 Å². The predicted molar refractivity (Wildman–Crippen MR) is 117 cm³/mol. The summed E-state index contributed by atoms with van der Waals surface area (Å²) in [5, 5.41) is 9.05. The van der Waals surface area contributed by atoms with Crippen LogP contribution in [0.15, 0.2) is 72.8 Å². The fraction of sp³-hybridized carbons (Fsp3) is 0.0870. The number of nitrogens with zero attached hydrogens (tertiary/aromatic N) is 2. The molecule has 0 spiro atoms. The lowest BCUT2D eigenvalue weighted by atomic mass is 10.2. The van der Waals surface area contributed by atoms with Crippen LogP contribution >= 0.6 is 0 Å². The minimum absolute atomic E-state index is 0.0962. The van der Waals surface area contributed by atoms with Crippen molar-refractivity contribution in [2.24, 2.45) is 0 Å². The largest absolute Gasteiger partial charge is 0.368 e. The third-order valence-electron chi connectivity index (χ3n) is 4.52. The highest BCUT2D eigenvalue weighted by molar-refractivity contribution is 5.91. The van der Waals surface area contributed by atoms with Gasteiger partial charge >= 0.3 is 6.03 Å². The second-order valence-electron chi connectivity index (χ2n) is 6.71. The normalized spacial score (nSPS) is 10.6. The molecule has 4 aromatic rings. The van der Waals surface area contributed by atoms with Crippen molar-refractivity contribution in [2.75, 3.05) is 23.7 Å². The summed E-state index contributed by atoms with van der Waals surface area (Å²) >= 11 is 0. The SMILES string of the molecule is O=C(NCCNc1nc(-c2ccccc2)nc2ccccc12)Nc1ccc(F)cc1F. The first-order valence-corrected chi connectivity index (χ1v) is 9.66. The number of urea groups is 1. The first kappa shape index (κ1) is 20.2. The third-order valence-corrected chi connectivity index (χ3v) is 4.52. The zero-order valence-corrected chi connectivity index (χ0v) is 16.4. The van der Waals surface area contributed by atoms with Crippen LogP contribution in [0.25, 0.3) is 22.3 Å². The number of fused-ring (bicyclic) bond motifs is 1. The summed E-state index contributed by atoms with van der Waals surface area (Å²) in [6, 6.07) is 19.7. The second-order valence-corrected chi connectivity index (χ2v) is 6.71. The Morgan fingerprint density at radius 3 is 2.45 bits per heavy atom. The van der Waals surface area contributed by atoms with E-state index in [1.807, 2.05) is 54.6 Å². The maximum atomic E-state index is 13.6. The topological polar surface area (TPSA) is 78.9 Å². The van der Waals surface area contributed by atoms with Gasteiger partial charge in [-0.2, -0.15) is 0 Å². The first-order chi connectivity index (χ1) is 15.1. The Morgan fingerprint density at radius 2 is 1.65 bits per heavy atom. The molecule has 1 heterocycles. The fourth-order valence-corrected chi connectivity index (χ4v) is 3.04. The molecular formula is C23H19F2N5O. The molecule has 0 fully saturated rings. The third kappa shape index (κ3) is 4.92. The standard InChI is InChI=1S/C23H19F2N5O/c24-16-10-11-20(18(25)14-16)29-23(31)27-13-12-26-22-17-8-4-5-9-19(17)28-21(30-22)15-6-2-1-3-7-15/h1-11,14H,12-13H2,(H,26,28,30)(H2,27,29,31). The van der Waals surface area contributed by atoms with Crippen molar-refractivity contribution in [2.45, 2.75) is 0 Å². The van der Waals surface area contributed by atoms with E-state index >= 15 is 0 Å². The van der Waals surface area contributed by atoms with Crippen molar-refractivity contribution in [3.63, 3.8) is 0 Å². The molecule has 0 unspecified atom stereocenters. The Morgan fingerprint density at radius 1 is 0.871 bits per heavy atom. The summed E-state index contributed by atoms with van der Waals surface area (Å²) in [6.07, 6.45) is 0. The summed E-state index contributed by atoms with van der Waals surface area (Å²) in [7, 11) is 0. The van der Waals surface area contributed by atoms with Gasteiger partial charge in [0.2, 0.25) is 0 Å². The van der Waals surface area contributed by atoms with E-state index in [2.05, 4.69) is 25.9 Å². The lowest BCUT2D eigenvalue weighted by Gasteiger charge is -2.12. The second kappa shape index (κ2) is 9.17. The molecule has 0 aliphatic heterocycles. The number of carbonyl (C=O) groups excluding carboxylic acids is 1. The number of hydrogen-bond acceptors (Lipinski definition) is 4. The molecule has 0 saturated heterocycles. The van der Waals surface area contributed by atoms with E-state index in [4.69, 9.17) is 0 Å². The lowest BCUT2D eigenvalue weighted by Crippen LogP contribution is -2.33. The Balaban J connectivity index is 1.41. The number of hydrogen-bond donors (Lipinski definition) is 3. The van der Waals surface area contributed by atoms with Crippen LogP contribution in [0.5, 0.6) is 0 Å². The summed E-state index contributed by atoms with van der Waals surface area (Å²) in [5.41, 5.74) is 1.60. The van der Waals surface area contributed by atoms with Crippen LogP contribution in [0.1, 0.15) is 0 Å². The van der Waals surface area contributed by atoms with Gasteiger partial charge in [0.15, 0.2) is 5.82 Å². The van der Waals surface area contributed by atoms with E-state index in [0.29, 0.717) is 24.3 Å². The fourth-order valence-electron chi connectivity index (χ4n) is 3.04. The molecule has 0 atom stereocenters. The molecule has 1 aromatic heterocycles. The van der Waals surface area contributed by atoms with Crippen molar-refractivity contribution < 1.29 is 13.6 Å². The van der Waals surface area contributed by atoms with Crippen molar-refractivity contribution in [1.29, 1.82) is 0 Å². The monoisotopic (exact) mass is 419 g/mol. The van der Waals surface area contributed by atoms with Crippen LogP contribution in [0.4, 0.5) is 25.1 Å². The van der Waals surface area contributed by atoms with Gasteiger partial charge in [-0.1, -0.05) is 42.5 Å². The number of aromatic nitrogens is 2. The number of carbonyl (C=O) groups is 1. The molecule has 3 aromatic carbocycles. The lowest BCUT2D eigenvalue weighted by molar-refractivity contribution is 0.252. The average molecular weight is 419 g/mol. The molecule has 0 aliphatic rings. The zero-order chi connectivity index (χ0) is 21.6. The van der Waals surface area contributed by atoms with Crippen molar-refractivity contribution in [3.8, 4) is 11.4 Å². The van der Waals surface area contributed by atoms with Crippen LogP contribution in [-0.4, -0.2) is 29.1 Å². The molecule has 0 bridgehead atoms. The number of benzene rings is 3. The number of amides is 2. The van der Waals surface area contributed by atoms with Gasteiger partial charge in [-0.15, -0.1) is 0 Å². The van der Waals surface area contributed by atoms with Crippen LogP contribution in [0.2, 0.25) is 0 Å². The summed E-state index contributed by atoms with van der Waals surface area (Å²) in [4.78, 5) is 21.2. The summed E-state index contributed by atoms with van der Waals surface area (Å²) in [6.45, 7) is 0.641. The molecule has 31 heavy (non-hydrogen) atoms. The quantitative estimate of drug-likeness (QED) is 0.392. The van der Waals surface area contributed by atoms with Gasteiger partial charge in [-0.3, -0.25) is 0 Å². The Bertz CT molecular complexity index is 1220. The number of halogens is 2. The predicted octanol–water partition coefficient (Wildman–Crippen LogP) is 4.81. The van der Waals surface area contributed by atoms with Crippen LogP contribution in [0, 0.1) is 11.6 Å². The number of nitrogens with one attached hydrogen (secondary N) is 3. The first-order valence-electron chi connectivity index (χ1n) is 9.66. The van der Waals surface area contributed by atoms with Gasteiger partial charge in [0.05, 0.1) is 11.2 Å². The van der Waals surface area contributed by atoms with Gasteiger partial charge in [-0.25, -0.2) is 23.5 Å². The van der Waals surface area contributed by atoms with Gasteiger partial charge in [0.25, 0.3) is 0 Å². The van der Waals surface area contributed by atoms with Crippen molar-refractivity contribution in [3.05, 3.63) is 84.4 Å². The van der Waals surface area contributed by atoms with E-state index in [-0.39, 0.29) is 12.2 Å². The maximum absolute atomic E-state index is 13.6. The molecule has 4 rings (SSSR count). The molecule has 0 aliphatic carbocycles. The molecule has 2 amide bonds. The van der Waals surface area contributed by atoms with E-state index in [1.165, 1.54) is 6.07 Å². The molecule has 3 N–H and O–H groups in total. The van der Waals surface area contributed by atoms with Gasteiger partial charge in [0, 0.05) is 30.1 Å². The van der Waals surface area contributed by atoms with Crippen LogP contribution in [0.3, 0.4) is 0 Å². The Kier molecular flexibility index (Phi) is 5.98. The molecule has 0 radical (unpaired) electrons. The molecule has 8 heteroatoms. The smallest absolute Gasteiger partial charge is 0.319 e. The molecule has 156 valence electrons. The van der Waals surface area contributed by atoms with Gasteiger partial charge in [-0.05, 0) is 24.3 Å². The van der Waals surface area contributed by atoms with Crippen LogP contribution < -0.4 is 16.0 Å². The van der Waals surface area contributed by atoms with Gasteiger partial charge < -0.3 is 16.0 Å².